The van der Waals surface area contributed by atoms with Crippen molar-refractivity contribution in [2.24, 2.45) is 0 Å². The van der Waals surface area contributed by atoms with Crippen molar-refractivity contribution in [2.45, 2.75) is 24.9 Å². The average Bonchev–Trinajstić information content (AvgIpc) is 3.22. The number of benzene rings is 2. The first-order chi connectivity index (χ1) is 14.6. The van der Waals surface area contributed by atoms with Gasteiger partial charge in [-0.05, 0) is 55.8 Å². The zero-order chi connectivity index (χ0) is 20.9. The van der Waals surface area contributed by atoms with Gasteiger partial charge >= 0.3 is 5.97 Å². The van der Waals surface area contributed by atoms with E-state index in [1.165, 1.54) is 16.8 Å². The lowest BCUT2D eigenvalue weighted by Crippen LogP contribution is -2.41. The molecule has 2 unspecified atom stereocenters. The Morgan fingerprint density at radius 3 is 2.83 bits per heavy atom. The number of para-hydroxylation sites is 1. The number of carbonyl (C=O) groups is 1. The summed E-state index contributed by atoms with van der Waals surface area (Å²) in [6, 6.07) is 15.0. The molecule has 0 saturated carbocycles. The van der Waals surface area contributed by atoms with Crippen LogP contribution in [0.2, 0.25) is 0 Å². The van der Waals surface area contributed by atoms with Gasteiger partial charge in [0.05, 0.1) is 27.9 Å². The molecule has 0 bridgehead atoms. The lowest BCUT2D eigenvalue weighted by atomic mass is 9.98. The van der Waals surface area contributed by atoms with Crippen molar-refractivity contribution in [3.05, 3.63) is 59.1 Å². The maximum atomic E-state index is 11.5. The van der Waals surface area contributed by atoms with E-state index in [9.17, 15) is 9.90 Å². The van der Waals surface area contributed by atoms with Gasteiger partial charge in [-0.1, -0.05) is 12.1 Å². The summed E-state index contributed by atoms with van der Waals surface area (Å²) in [5, 5.41) is 11.7. The highest BCUT2D eigenvalue weighted by Gasteiger charge is 2.25. The number of ether oxygens (including phenoxy) is 2. The number of likely N-dealkylation sites (tertiary alicyclic amines) is 1. The Hall–Kier alpha value is -2.48. The van der Waals surface area contributed by atoms with Crippen LogP contribution >= 0.6 is 11.3 Å². The van der Waals surface area contributed by atoms with Gasteiger partial charge < -0.3 is 14.6 Å². The summed E-state index contributed by atoms with van der Waals surface area (Å²) in [6.07, 6.45) is 1.65. The second kappa shape index (κ2) is 9.55. The Morgan fingerprint density at radius 1 is 1.27 bits per heavy atom. The number of aliphatic hydroxyl groups is 1. The monoisotopic (exact) mass is 426 g/mol. The molecule has 1 N–H and O–H groups in total. The van der Waals surface area contributed by atoms with Gasteiger partial charge in [0.1, 0.15) is 18.5 Å². The van der Waals surface area contributed by atoms with E-state index in [4.69, 9.17) is 9.72 Å². The molecular weight excluding hydrogens is 400 g/mol. The molecule has 2 aromatic carbocycles. The van der Waals surface area contributed by atoms with Crippen molar-refractivity contribution in [1.82, 2.24) is 9.88 Å². The number of piperidine rings is 1. The van der Waals surface area contributed by atoms with Crippen LogP contribution in [0, 0.1) is 0 Å². The molecule has 2 atom stereocenters. The molecule has 0 amide bonds. The summed E-state index contributed by atoms with van der Waals surface area (Å²) in [6.45, 7) is 2.67. The topological polar surface area (TPSA) is 71.9 Å². The van der Waals surface area contributed by atoms with Crippen LogP contribution in [0.1, 0.15) is 34.1 Å². The second-order valence-electron chi connectivity index (χ2n) is 7.60. The smallest absolute Gasteiger partial charge is 0.337 e. The molecule has 1 aliphatic rings. The first-order valence-corrected chi connectivity index (χ1v) is 11.0. The van der Waals surface area contributed by atoms with Crippen molar-refractivity contribution in [1.29, 1.82) is 0 Å². The lowest BCUT2D eigenvalue weighted by molar-refractivity contribution is 0.0578. The summed E-state index contributed by atoms with van der Waals surface area (Å²) in [4.78, 5) is 18.6. The van der Waals surface area contributed by atoms with Gasteiger partial charge in [0, 0.05) is 19.0 Å². The fourth-order valence-electron chi connectivity index (χ4n) is 3.84. The van der Waals surface area contributed by atoms with Crippen molar-refractivity contribution in [3.8, 4) is 5.75 Å². The molecule has 7 heteroatoms. The van der Waals surface area contributed by atoms with Gasteiger partial charge in [-0.15, -0.1) is 11.3 Å². The minimum absolute atomic E-state index is 0.208. The first kappa shape index (κ1) is 20.8. The van der Waals surface area contributed by atoms with Crippen LogP contribution in [0.15, 0.2) is 48.5 Å². The quantitative estimate of drug-likeness (QED) is 0.581. The largest absolute Gasteiger partial charge is 0.491 e. The standard InChI is InChI=1S/C23H26N2O4S/c1-28-23(27)16-8-10-19(11-9-16)29-15-18(26)14-25-12-4-5-17(13-25)22-24-20-6-2-3-7-21(20)30-22/h2-3,6-11,17-18,26H,4-5,12-15H2,1H3. The Kier molecular flexibility index (Phi) is 6.62. The van der Waals surface area contributed by atoms with Crippen LogP contribution in [0.5, 0.6) is 5.75 Å². The van der Waals surface area contributed by atoms with E-state index < -0.39 is 6.10 Å². The Bertz CT molecular complexity index is 955. The summed E-state index contributed by atoms with van der Waals surface area (Å²) < 4.78 is 11.6. The van der Waals surface area contributed by atoms with Gasteiger partial charge in [-0.3, -0.25) is 4.90 Å². The third-order valence-corrected chi connectivity index (χ3v) is 6.55. The molecule has 1 saturated heterocycles. The van der Waals surface area contributed by atoms with E-state index >= 15 is 0 Å². The van der Waals surface area contributed by atoms with Crippen LogP contribution in [-0.2, 0) is 4.74 Å². The highest BCUT2D eigenvalue weighted by molar-refractivity contribution is 7.18. The molecule has 3 aromatic rings. The van der Waals surface area contributed by atoms with E-state index in [0.717, 1.165) is 31.4 Å². The SMILES string of the molecule is COC(=O)c1ccc(OCC(O)CN2CCCC(c3nc4ccccc4s3)C2)cc1. The maximum absolute atomic E-state index is 11.5. The van der Waals surface area contributed by atoms with Crippen LogP contribution in [-0.4, -0.2) is 60.4 Å². The predicted octanol–water partition coefficient (Wildman–Crippen LogP) is 3.70. The molecule has 1 fully saturated rings. The highest BCUT2D eigenvalue weighted by atomic mass is 32.1. The van der Waals surface area contributed by atoms with Crippen LogP contribution in [0.25, 0.3) is 10.2 Å². The molecule has 2 heterocycles. The molecule has 158 valence electrons. The third-order valence-electron chi connectivity index (χ3n) is 5.35. The zero-order valence-corrected chi connectivity index (χ0v) is 17.8. The fraction of sp³-hybridized carbons (Fsp3) is 0.391. The molecule has 1 aliphatic heterocycles. The molecule has 1 aromatic heterocycles. The van der Waals surface area contributed by atoms with E-state index in [2.05, 4.69) is 27.8 Å². The number of aromatic nitrogens is 1. The third kappa shape index (κ3) is 4.98. The lowest BCUT2D eigenvalue weighted by Gasteiger charge is -2.33. The van der Waals surface area contributed by atoms with E-state index in [0.29, 0.717) is 23.8 Å². The summed E-state index contributed by atoms with van der Waals surface area (Å²) in [5.41, 5.74) is 1.54. The minimum Gasteiger partial charge on any atom is -0.491 e. The number of aliphatic hydroxyl groups excluding tert-OH is 1. The van der Waals surface area contributed by atoms with Gasteiger partial charge in [0.15, 0.2) is 0 Å². The summed E-state index contributed by atoms with van der Waals surface area (Å²) in [7, 11) is 1.35. The molecule has 0 aliphatic carbocycles. The normalized spacial score (nSPS) is 18.3. The van der Waals surface area contributed by atoms with Crippen molar-refractivity contribution < 1.29 is 19.4 Å². The van der Waals surface area contributed by atoms with Crippen molar-refractivity contribution >= 4 is 27.5 Å². The number of β-amino-alcohol motifs (C(OH)–C–C–N with tert-alkyl or cyclic N) is 1. The van der Waals surface area contributed by atoms with E-state index in [1.807, 2.05) is 6.07 Å². The van der Waals surface area contributed by atoms with E-state index in [-0.39, 0.29) is 12.6 Å². The number of rotatable bonds is 7. The Labute approximate surface area is 180 Å². The van der Waals surface area contributed by atoms with Crippen LogP contribution in [0.3, 0.4) is 0 Å². The number of nitrogens with zero attached hydrogens (tertiary/aromatic N) is 2. The van der Waals surface area contributed by atoms with Crippen LogP contribution < -0.4 is 4.74 Å². The minimum atomic E-state index is -0.584. The fourth-order valence-corrected chi connectivity index (χ4v) is 4.93. The summed E-state index contributed by atoms with van der Waals surface area (Å²) in [5.74, 6) is 0.650. The Morgan fingerprint density at radius 2 is 2.07 bits per heavy atom. The van der Waals surface area contributed by atoms with Crippen LogP contribution in [0.4, 0.5) is 0 Å². The number of fused-ring (bicyclic) bond motifs is 1. The number of thiazole rings is 1. The number of hydrogen-bond acceptors (Lipinski definition) is 7. The number of carbonyl (C=O) groups excluding carboxylic acids is 1. The van der Waals surface area contributed by atoms with Crippen molar-refractivity contribution in [3.63, 3.8) is 0 Å². The maximum Gasteiger partial charge on any atom is 0.337 e. The zero-order valence-electron chi connectivity index (χ0n) is 17.0. The average molecular weight is 427 g/mol. The number of esters is 1. The molecule has 30 heavy (non-hydrogen) atoms. The van der Waals surface area contributed by atoms with Gasteiger partial charge in [-0.25, -0.2) is 9.78 Å². The Balaban J connectivity index is 1.28. The summed E-state index contributed by atoms with van der Waals surface area (Å²) >= 11 is 1.78. The number of hydrogen-bond donors (Lipinski definition) is 1. The second-order valence-corrected chi connectivity index (χ2v) is 8.66. The molecule has 0 spiro atoms. The van der Waals surface area contributed by atoms with Crippen molar-refractivity contribution in [2.75, 3.05) is 33.4 Å². The van der Waals surface area contributed by atoms with Gasteiger partial charge in [0.25, 0.3) is 0 Å². The molecule has 4 rings (SSSR count). The molecule has 0 radical (unpaired) electrons. The van der Waals surface area contributed by atoms with Gasteiger partial charge in [-0.2, -0.15) is 0 Å². The number of methoxy groups -OCH3 is 1. The first-order valence-electron chi connectivity index (χ1n) is 10.2. The highest BCUT2D eigenvalue weighted by Crippen LogP contribution is 2.32. The molecular formula is C23H26N2O4S. The predicted molar refractivity (Wildman–Crippen MR) is 117 cm³/mol. The van der Waals surface area contributed by atoms with E-state index in [1.54, 1.807) is 35.6 Å². The molecule has 6 nitrogen and oxygen atoms in total. The van der Waals surface area contributed by atoms with Gasteiger partial charge in [0.2, 0.25) is 0 Å².